The molecule has 1 saturated heterocycles. The van der Waals surface area contributed by atoms with Gasteiger partial charge in [0, 0.05) is 25.2 Å². The molecule has 1 aromatic rings. The van der Waals surface area contributed by atoms with Gasteiger partial charge in [-0.05, 0) is 37.0 Å². The van der Waals surface area contributed by atoms with Crippen molar-refractivity contribution in [3.05, 3.63) is 35.4 Å². The number of nitrogens with zero attached hydrogens (tertiary/aromatic N) is 1. The summed E-state index contributed by atoms with van der Waals surface area (Å²) < 4.78 is 0. The summed E-state index contributed by atoms with van der Waals surface area (Å²) in [6, 6.07) is 8.41. The molecule has 2 atom stereocenters. The van der Waals surface area contributed by atoms with Crippen molar-refractivity contribution in [3.8, 4) is 0 Å². The Morgan fingerprint density at radius 1 is 1.39 bits per heavy atom. The van der Waals surface area contributed by atoms with Crippen LogP contribution in [0.3, 0.4) is 0 Å². The van der Waals surface area contributed by atoms with Gasteiger partial charge in [-0.1, -0.05) is 12.1 Å². The van der Waals surface area contributed by atoms with E-state index >= 15 is 0 Å². The summed E-state index contributed by atoms with van der Waals surface area (Å²) in [5, 5.41) is 4.67. The fourth-order valence-electron chi connectivity index (χ4n) is 2.35. The number of carbonyl (C=O) groups is 1. The molecule has 1 aliphatic heterocycles. The van der Waals surface area contributed by atoms with E-state index in [2.05, 4.69) is 12.2 Å². The molecule has 0 radical (unpaired) electrons. The number of carbonyl (C=O) groups excluding carboxylic acids is 1. The highest BCUT2D eigenvalue weighted by atomic mass is 16.7. The van der Waals surface area contributed by atoms with Crippen molar-refractivity contribution in [2.45, 2.75) is 25.3 Å². The van der Waals surface area contributed by atoms with Crippen LogP contribution in [0.4, 0.5) is 0 Å². The number of hydrogen-bond acceptors (Lipinski definition) is 3. The molecule has 4 heteroatoms. The van der Waals surface area contributed by atoms with E-state index in [1.807, 2.05) is 24.3 Å². The van der Waals surface area contributed by atoms with Gasteiger partial charge in [0.15, 0.2) is 0 Å². The Labute approximate surface area is 108 Å². The number of nitrogens with one attached hydrogen (secondary N) is 1. The molecule has 0 aromatic heterocycles. The lowest BCUT2D eigenvalue weighted by atomic mass is 9.95. The Kier molecular flexibility index (Phi) is 3.99. The average molecular weight is 248 g/mol. The average Bonchev–Trinajstić information content (AvgIpc) is 2.84. The van der Waals surface area contributed by atoms with Crippen LogP contribution < -0.4 is 5.32 Å². The van der Waals surface area contributed by atoms with E-state index in [0.717, 1.165) is 13.0 Å². The predicted octanol–water partition coefficient (Wildman–Crippen LogP) is 1.79. The molecule has 1 aromatic carbocycles. The third kappa shape index (κ3) is 2.71. The topological polar surface area (TPSA) is 41.6 Å². The fourth-order valence-corrected chi connectivity index (χ4v) is 2.35. The number of benzene rings is 1. The zero-order chi connectivity index (χ0) is 13.1. The van der Waals surface area contributed by atoms with E-state index in [0.29, 0.717) is 17.5 Å². The molecule has 2 rings (SSSR count). The van der Waals surface area contributed by atoms with Crippen molar-refractivity contribution in [3.63, 3.8) is 0 Å². The van der Waals surface area contributed by atoms with Gasteiger partial charge in [0.2, 0.25) is 0 Å². The van der Waals surface area contributed by atoms with Gasteiger partial charge in [-0.15, -0.1) is 0 Å². The van der Waals surface area contributed by atoms with Crippen molar-refractivity contribution in [1.29, 1.82) is 0 Å². The third-order valence-corrected chi connectivity index (χ3v) is 3.54. The SMILES string of the molecule is CON(C)C(=O)c1ccc([C@H]2CN[C@H](C)C2)cc1. The van der Waals surface area contributed by atoms with Gasteiger partial charge in [0.25, 0.3) is 5.91 Å². The van der Waals surface area contributed by atoms with E-state index < -0.39 is 0 Å². The maximum atomic E-state index is 11.8. The van der Waals surface area contributed by atoms with E-state index in [1.54, 1.807) is 7.05 Å². The molecule has 18 heavy (non-hydrogen) atoms. The van der Waals surface area contributed by atoms with Crippen molar-refractivity contribution in [2.75, 3.05) is 20.7 Å². The van der Waals surface area contributed by atoms with Crippen molar-refractivity contribution in [2.24, 2.45) is 0 Å². The van der Waals surface area contributed by atoms with E-state index in [1.165, 1.54) is 17.7 Å². The van der Waals surface area contributed by atoms with Crippen LogP contribution >= 0.6 is 0 Å². The normalized spacial score (nSPS) is 23.1. The quantitative estimate of drug-likeness (QED) is 0.829. The largest absolute Gasteiger partial charge is 0.314 e. The lowest BCUT2D eigenvalue weighted by Gasteiger charge is -2.14. The molecule has 1 fully saturated rings. The van der Waals surface area contributed by atoms with Crippen LogP contribution in [0, 0.1) is 0 Å². The first-order valence-electron chi connectivity index (χ1n) is 6.27. The molecule has 0 aliphatic carbocycles. The summed E-state index contributed by atoms with van der Waals surface area (Å²) in [7, 11) is 3.09. The van der Waals surface area contributed by atoms with Crippen LogP contribution in [0.2, 0.25) is 0 Å². The third-order valence-electron chi connectivity index (χ3n) is 3.54. The molecule has 1 amide bonds. The molecule has 4 nitrogen and oxygen atoms in total. The summed E-state index contributed by atoms with van der Waals surface area (Å²) in [5.74, 6) is 0.436. The number of amides is 1. The number of hydrogen-bond donors (Lipinski definition) is 1. The molecule has 98 valence electrons. The highest BCUT2D eigenvalue weighted by Gasteiger charge is 2.22. The molecule has 1 heterocycles. The Hall–Kier alpha value is -1.39. The lowest BCUT2D eigenvalue weighted by Crippen LogP contribution is -2.25. The van der Waals surface area contributed by atoms with Gasteiger partial charge < -0.3 is 5.32 Å². The van der Waals surface area contributed by atoms with Crippen molar-refractivity contribution < 1.29 is 9.63 Å². The van der Waals surface area contributed by atoms with Crippen molar-refractivity contribution >= 4 is 5.91 Å². The second-order valence-electron chi connectivity index (χ2n) is 4.85. The summed E-state index contributed by atoms with van der Waals surface area (Å²) in [6.45, 7) is 3.22. The van der Waals surface area contributed by atoms with Crippen LogP contribution in [-0.2, 0) is 4.84 Å². The molecule has 0 spiro atoms. The van der Waals surface area contributed by atoms with Crippen LogP contribution in [0.25, 0.3) is 0 Å². The van der Waals surface area contributed by atoms with E-state index in [4.69, 9.17) is 4.84 Å². The fraction of sp³-hybridized carbons (Fsp3) is 0.500. The molecule has 1 N–H and O–H groups in total. The summed E-state index contributed by atoms with van der Waals surface area (Å²) in [6.07, 6.45) is 1.16. The minimum Gasteiger partial charge on any atom is -0.314 e. The zero-order valence-electron chi connectivity index (χ0n) is 11.1. The van der Waals surface area contributed by atoms with Crippen LogP contribution in [0.15, 0.2) is 24.3 Å². The van der Waals surface area contributed by atoms with E-state index in [9.17, 15) is 4.79 Å². The van der Waals surface area contributed by atoms with Crippen LogP contribution in [0.5, 0.6) is 0 Å². The summed E-state index contributed by atoms with van der Waals surface area (Å²) in [4.78, 5) is 16.7. The highest BCUT2D eigenvalue weighted by molar-refractivity contribution is 5.93. The van der Waals surface area contributed by atoms with Crippen LogP contribution in [-0.4, -0.2) is 37.7 Å². The first-order chi connectivity index (χ1) is 8.61. The minimum absolute atomic E-state index is 0.123. The monoisotopic (exact) mass is 248 g/mol. The zero-order valence-corrected chi connectivity index (χ0v) is 11.1. The smallest absolute Gasteiger partial charge is 0.277 e. The summed E-state index contributed by atoms with van der Waals surface area (Å²) >= 11 is 0. The molecule has 1 aliphatic rings. The second kappa shape index (κ2) is 5.50. The Morgan fingerprint density at radius 3 is 2.56 bits per heavy atom. The Bertz CT molecular complexity index is 416. The maximum Gasteiger partial charge on any atom is 0.277 e. The van der Waals surface area contributed by atoms with Gasteiger partial charge >= 0.3 is 0 Å². The second-order valence-corrected chi connectivity index (χ2v) is 4.85. The van der Waals surface area contributed by atoms with Gasteiger partial charge in [-0.25, -0.2) is 5.06 Å². The molecule has 0 bridgehead atoms. The van der Waals surface area contributed by atoms with Crippen LogP contribution in [0.1, 0.15) is 35.2 Å². The van der Waals surface area contributed by atoms with Crippen molar-refractivity contribution in [1.82, 2.24) is 10.4 Å². The minimum atomic E-state index is -0.123. The Balaban J connectivity index is 2.08. The van der Waals surface area contributed by atoms with Gasteiger partial charge in [-0.2, -0.15) is 0 Å². The predicted molar refractivity (Wildman–Crippen MR) is 70.4 cm³/mol. The molecular weight excluding hydrogens is 228 g/mol. The molecule has 0 saturated carbocycles. The molecular formula is C14H20N2O2. The standard InChI is InChI=1S/C14H20N2O2/c1-10-8-13(9-15-10)11-4-6-12(7-5-11)14(17)16(2)18-3/h4-7,10,13,15H,8-9H2,1-3H3/t10-,13-/m1/s1. The molecule has 0 unspecified atom stereocenters. The first-order valence-corrected chi connectivity index (χ1v) is 6.27. The Morgan fingerprint density at radius 2 is 2.06 bits per heavy atom. The first kappa shape index (κ1) is 13.1. The lowest BCUT2D eigenvalue weighted by molar-refractivity contribution is -0.0757. The van der Waals surface area contributed by atoms with Gasteiger partial charge in [0.05, 0.1) is 7.11 Å². The van der Waals surface area contributed by atoms with Gasteiger partial charge in [-0.3, -0.25) is 9.63 Å². The van der Waals surface area contributed by atoms with E-state index in [-0.39, 0.29) is 5.91 Å². The highest BCUT2D eigenvalue weighted by Crippen LogP contribution is 2.25. The maximum absolute atomic E-state index is 11.8. The van der Waals surface area contributed by atoms with Gasteiger partial charge in [0.1, 0.15) is 0 Å². The number of rotatable bonds is 3. The summed E-state index contributed by atoms with van der Waals surface area (Å²) in [5.41, 5.74) is 1.95. The number of hydroxylamine groups is 2.